The summed E-state index contributed by atoms with van der Waals surface area (Å²) in [5.74, 6) is -0.209. The number of hydrogen-bond donors (Lipinski definition) is 1. The molecule has 1 aromatic carbocycles. The Morgan fingerprint density at radius 1 is 1.50 bits per heavy atom. The number of halogens is 2. The summed E-state index contributed by atoms with van der Waals surface area (Å²) < 4.78 is 13.2. The average Bonchev–Trinajstić information content (AvgIpc) is 1.91. The smallest absolute Gasteiger partial charge is 0.129 e. The van der Waals surface area contributed by atoms with Crippen LogP contribution in [0.1, 0.15) is 18.0 Å². The van der Waals surface area contributed by atoms with Gasteiger partial charge >= 0.3 is 0 Å². The van der Waals surface area contributed by atoms with Gasteiger partial charge in [-0.05, 0) is 25.1 Å². The zero-order valence-electron chi connectivity index (χ0n) is 6.48. The van der Waals surface area contributed by atoms with Crippen molar-refractivity contribution >= 4 is 11.6 Å². The van der Waals surface area contributed by atoms with Crippen LogP contribution in [0.15, 0.2) is 18.2 Å². The first kappa shape index (κ1) is 8.02. The summed E-state index contributed by atoms with van der Waals surface area (Å²) in [7, 11) is 0. The third-order valence-electron chi connectivity index (χ3n) is 2.16. The maximum absolute atomic E-state index is 13.2. The fourth-order valence-electron chi connectivity index (χ4n) is 1.34. The topological polar surface area (TPSA) is 12.0 Å². The van der Waals surface area contributed by atoms with Crippen molar-refractivity contribution in [1.82, 2.24) is 5.32 Å². The van der Waals surface area contributed by atoms with Gasteiger partial charge in [0.1, 0.15) is 5.82 Å². The van der Waals surface area contributed by atoms with Crippen LogP contribution < -0.4 is 5.32 Å². The van der Waals surface area contributed by atoms with Gasteiger partial charge in [0.25, 0.3) is 0 Å². The first-order valence-corrected chi connectivity index (χ1v) is 4.33. The lowest BCUT2D eigenvalue weighted by Crippen LogP contribution is -2.35. The van der Waals surface area contributed by atoms with E-state index in [-0.39, 0.29) is 11.9 Å². The number of hydrogen-bond acceptors (Lipinski definition) is 1. The van der Waals surface area contributed by atoms with Gasteiger partial charge in [-0.2, -0.15) is 0 Å². The largest absolute Gasteiger partial charge is 0.310 e. The van der Waals surface area contributed by atoms with Gasteiger partial charge in [0.15, 0.2) is 0 Å². The minimum atomic E-state index is -0.209. The third-order valence-corrected chi connectivity index (χ3v) is 2.40. The standard InChI is InChI=1S/C9H9ClFN/c10-6-1-2-7(8(11)5-6)9-3-4-12-9/h1-2,5,9,12H,3-4H2/t9-/m0/s1. The second kappa shape index (κ2) is 3.04. The Morgan fingerprint density at radius 2 is 2.25 bits per heavy atom. The van der Waals surface area contributed by atoms with Crippen LogP contribution in [0.3, 0.4) is 0 Å². The molecule has 0 aliphatic carbocycles. The average molecular weight is 186 g/mol. The number of benzene rings is 1. The van der Waals surface area contributed by atoms with Gasteiger partial charge in [-0.25, -0.2) is 4.39 Å². The van der Waals surface area contributed by atoms with E-state index in [0.29, 0.717) is 5.02 Å². The normalized spacial score (nSPS) is 22.0. The lowest BCUT2D eigenvalue weighted by molar-refractivity contribution is 0.370. The van der Waals surface area contributed by atoms with Crippen molar-refractivity contribution < 1.29 is 4.39 Å². The molecule has 2 rings (SSSR count). The van der Waals surface area contributed by atoms with Crippen LogP contribution in [0, 0.1) is 5.82 Å². The fourth-order valence-corrected chi connectivity index (χ4v) is 1.50. The van der Waals surface area contributed by atoms with Crippen molar-refractivity contribution in [3.8, 4) is 0 Å². The van der Waals surface area contributed by atoms with E-state index in [4.69, 9.17) is 11.6 Å². The minimum absolute atomic E-state index is 0.197. The first-order chi connectivity index (χ1) is 5.77. The molecule has 1 nitrogen and oxygen atoms in total. The van der Waals surface area contributed by atoms with E-state index >= 15 is 0 Å². The van der Waals surface area contributed by atoms with Crippen molar-refractivity contribution in [2.45, 2.75) is 12.5 Å². The van der Waals surface area contributed by atoms with Gasteiger partial charge in [0.05, 0.1) is 0 Å². The van der Waals surface area contributed by atoms with Crippen LogP contribution in [-0.2, 0) is 0 Å². The highest BCUT2D eigenvalue weighted by Crippen LogP contribution is 2.26. The van der Waals surface area contributed by atoms with E-state index in [0.717, 1.165) is 18.5 Å². The molecule has 0 unspecified atom stereocenters. The summed E-state index contributed by atoms with van der Waals surface area (Å²) in [5.41, 5.74) is 0.727. The molecule has 0 radical (unpaired) electrons. The second-order valence-corrected chi connectivity index (χ2v) is 3.40. The molecule has 3 heteroatoms. The van der Waals surface area contributed by atoms with Gasteiger partial charge in [-0.1, -0.05) is 17.7 Å². The summed E-state index contributed by atoms with van der Waals surface area (Å²) in [6.45, 7) is 0.979. The predicted molar refractivity (Wildman–Crippen MR) is 46.8 cm³/mol. The molecule has 1 aliphatic heterocycles. The van der Waals surface area contributed by atoms with Crippen molar-refractivity contribution in [1.29, 1.82) is 0 Å². The van der Waals surface area contributed by atoms with Gasteiger partial charge < -0.3 is 5.32 Å². The molecule has 0 saturated carbocycles. The minimum Gasteiger partial charge on any atom is -0.310 e. The van der Waals surface area contributed by atoms with Crippen molar-refractivity contribution in [2.75, 3.05) is 6.54 Å². The molecule has 1 N–H and O–H groups in total. The van der Waals surface area contributed by atoms with E-state index in [1.54, 1.807) is 12.1 Å². The zero-order chi connectivity index (χ0) is 8.55. The Balaban J connectivity index is 2.31. The molecule has 0 bridgehead atoms. The van der Waals surface area contributed by atoms with Crippen LogP contribution in [0.25, 0.3) is 0 Å². The molecular formula is C9H9ClFN. The lowest BCUT2D eigenvalue weighted by Gasteiger charge is -2.28. The van der Waals surface area contributed by atoms with E-state index < -0.39 is 0 Å². The molecule has 0 amide bonds. The van der Waals surface area contributed by atoms with Crippen LogP contribution in [0.4, 0.5) is 4.39 Å². The molecular weight excluding hydrogens is 177 g/mol. The van der Waals surface area contributed by atoms with Gasteiger partial charge in [0.2, 0.25) is 0 Å². The summed E-state index contributed by atoms with van der Waals surface area (Å²) in [6, 6.07) is 5.02. The SMILES string of the molecule is Fc1cc(Cl)ccc1[C@@H]1CCN1. The Labute approximate surface area is 75.5 Å². The summed E-state index contributed by atoms with van der Waals surface area (Å²) >= 11 is 5.62. The molecule has 1 fully saturated rings. The summed E-state index contributed by atoms with van der Waals surface area (Å²) in [4.78, 5) is 0. The van der Waals surface area contributed by atoms with Crippen LogP contribution in [0.2, 0.25) is 5.02 Å². The first-order valence-electron chi connectivity index (χ1n) is 3.96. The Morgan fingerprint density at radius 3 is 2.75 bits per heavy atom. The summed E-state index contributed by atoms with van der Waals surface area (Å²) in [5, 5.41) is 3.59. The van der Waals surface area contributed by atoms with Gasteiger partial charge in [0, 0.05) is 16.6 Å². The molecule has 12 heavy (non-hydrogen) atoms. The van der Waals surface area contributed by atoms with Crippen molar-refractivity contribution in [3.05, 3.63) is 34.6 Å². The third kappa shape index (κ3) is 1.32. The van der Waals surface area contributed by atoms with Crippen LogP contribution in [0.5, 0.6) is 0 Å². The zero-order valence-corrected chi connectivity index (χ0v) is 7.24. The highest BCUT2D eigenvalue weighted by atomic mass is 35.5. The van der Waals surface area contributed by atoms with E-state index in [2.05, 4.69) is 5.32 Å². The van der Waals surface area contributed by atoms with E-state index in [1.165, 1.54) is 6.07 Å². The van der Waals surface area contributed by atoms with Crippen molar-refractivity contribution in [2.24, 2.45) is 0 Å². The highest BCUT2D eigenvalue weighted by Gasteiger charge is 2.21. The van der Waals surface area contributed by atoms with E-state index in [1.807, 2.05) is 0 Å². The molecule has 1 aromatic rings. The molecule has 0 aromatic heterocycles. The lowest BCUT2D eigenvalue weighted by atomic mass is 9.98. The van der Waals surface area contributed by atoms with Gasteiger partial charge in [-0.3, -0.25) is 0 Å². The predicted octanol–water partition coefficient (Wildman–Crippen LogP) is 2.51. The molecule has 1 atom stereocenters. The molecule has 0 spiro atoms. The van der Waals surface area contributed by atoms with Gasteiger partial charge in [-0.15, -0.1) is 0 Å². The van der Waals surface area contributed by atoms with Crippen LogP contribution >= 0.6 is 11.6 Å². The second-order valence-electron chi connectivity index (χ2n) is 2.96. The number of nitrogens with one attached hydrogen (secondary N) is 1. The fraction of sp³-hybridized carbons (Fsp3) is 0.333. The Bertz CT molecular complexity index is 297. The maximum Gasteiger partial charge on any atom is 0.129 e. The summed E-state index contributed by atoms with van der Waals surface area (Å²) in [6.07, 6.45) is 1.01. The Hall–Kier alpha value is -0.600. The highest BCUT2D eigenvalue weighted by molar-refractivity contribution is 6.30. The Kier molecular flexibility index (Phi) is 2.03. The molecule has 64 valence electrons. The molecule has 1 saturated heterocycles. The molecule has 1 heterocycles. The van der Waals surface area contributed by atoms with Crippen molar-refractivity contribution in [3.63, 3.8) is 0 Å². The maximum atomic E-state index is 13.2. The quantitative estimate of drug-likeness (QED) is 0.709. The van der Waals surface area contributed by atoms with Crippen LogP contribution in [-0.4, -0.2) is 6.54 Å². The molecule has 1 aliphatic rings. The monoisotopic (exact) mass is 185 g/mol. The van der Waals surface area contributed by atoms with E-state index in [9.17, 15) is 4.39 Å². The number of rotatable bonds is 1.